The van der Waals surface area contributed by atoms with Crippen LogP contribution in [0.2, 0.25) is 5.02 Å². The molecule has 2 N–H and O–H groups in total. The van der Waals surface area contributed by atoms with Gasteiger partial charge in [-0.15, -0.1) is 4.40 Å². The van der Waals surface area contributed by atoms with Gasteiger partial charge in [0.25, 0.3) is 10.0 Å². The molecule has 0 bridgehead atoms. The van der Waals surface area contributed by atoms with Crippen LogP contribution in [0, 0.1) is 0 Å². The number of hydrogen-bond donors (Lipinski definition) is 1. The Bertz CT molecular complexity index is 763. The van der Waals surface area contributed by atoms with E-state index in [4.69, 9.17) is 17.3 Å². The van der Waals surface area contributed by atoms with Crippen LogP contribution in [0.4, 0.5) is 0 Å². The molecule has 1 fully saturated rings. The van der Waals surface area contributed by atoms with Crippen molar-refractivity contribution in [3.8, 4) is 0 Å². The van der Waals surface area contributed by atoms with Crippen LogP contribution in [0.3, 0.4) is 0 Å². The normalized spacial score (nSPS) is 22.1. The molecular formula is C15H18ClN3O2S. The van der Waals surface area contributed by atoms with Crippen molar-refractivity contribution in [2.24, 2.45) is 10.1 Å². The molecule has 0 aliphatic carbocycles. The van der Waals surface area contributed by atoms with Crippen molar-refractivity contribution in [3.63, 3.8) is 0 Å². The van der Waals surface area contributed by atoms with E-state index in [1.54, 1.807) is 31.2 Å². The maximum absolute atomic E-state index is 12.5. The molecule has 0 unspecified atom stereocenters. The Morgan fingerprint density at radius 2 is 2.00 bits per heavy atom. The standard InChI is InChI=1S/C15H18ClN3O2S/c1-10-14(11-3-2-4-12(16)9-11)22(20,21)18-15(10)19-7-5-13(17)6-8-19/h2-4,9,13H,5-8,17H2,1H3. The van der Waals surface area contributed by atoms with Gasteiger partial charge in [0.2, 0.25) is 0 Å². The molecule has 1 saturated heterocycles. The molecule has 0 amide bonds. The molecule has 0 atom stereocenters. The van der Waals surface area contributed by atoms with E-state index in [0.29, 0.717) is 22.0 Å². The van der Waals surface area contributed by atoms with Gasteiger partial charge in [-0.2, -0.15) is 8.42 Å². The van der Waals surface area contributed by atoms with Crippen molar-refractivity contribution >= 4 is 32.4 Å². The summed E-state index contributed by atoms with van der Waals surface area (Å²) in [6.07, 6.45) is 1.69. The molecule has 2 aliphatic rings. The van der Waals surface area contributed by atoms with E-state index in [9.17, 15) is 8.42 Å². The molecular weight excluding hydrogens is 322 g/mol. The highest BCUT2D eigenvalue weighted by Gasteiger charge is 2.34. The van der Waals surface area contributed by atoms with E-state index in [2.05, 4.69) is 4.40 Å². The van der Waals surface area contributed by atoms with Gasteiger partial charge < -0.3 is 10.6 Å². The fourth-order valence-electron chi connectivity index (χ4n) is 2.92. The highest BCUT2D eigenvalue weighted by Crippen LogP contribution is 2.35. The van der Waals surface area contributed by atoms with Crippen molar-refractivity contribution < 1.29 is 8.42 Å². The van der Waals surface area contributed by atoms with E-state index in [1.165, 1.54) is 0 Å². The van der Waals surface area contributed by atoms with Crippen molar-refractivity contribution in [1.29, 1.82) is 0 Å². The molecule has 0 radical (unpaired) electrons. The van der Waals surface area contributed by atoms with E-state index >= 15 is 0 Å². The zero-order chi connectivity index (χ0) is 15.9. The summed E-state index contributed by atoms with van der Waals surface area (Å²) in [4.78, 5) is 2.26. The van der Waals surface area contributed by atoms with Crippen LogP contribution >= 0.6 is 11.6 Å². The van der Waals surface area contributed by atoms with Crippen LogP contribution < -0.4 is 5.73 Å². The lowest BCUT2D eigenvalue weighted by molar-refractivity contribution is 0.314. The number of amidine groups is 1. The summed E-state index contributed by atoms with van der Waals surface area (Å²) >= 11 is 5.99. The van der Waals surface area contributed by atoms with Crippen LogP contribution in [-0.2, 0) is 10.0 Å². The summed E-state index contributed by atoms with van der Waals surface area (Å²) in [5.41, 5.74) is 7.17. The molecule has 0 saturated carbocycles. The van der Waals surface area contributed by atoms with Crippen LogP contribution in [-0.4, -0.2) is 38.3 Å². The minimum Gasteiger partial charge on any atom is -0.356 e. The first kappa shape index (κ1) is 15.5. The van der Waals surface area contributed by atoms with Gasteiger partial charge in [-0.3, -0.25) is 0 Å². The first-order chi connectivity index (χ1) is 10.4. The average molecular weight is 340 g/mol. The van der Waals surface area contributed by atoms with Crippen molar-refractivity contribution in [2.75, 3.05) is 13.1 Å². The third-order valence-corrected chi connectivity index (χ3v) is 5.77. The summed E-state index contributed by atoms with van der Waals surface area (Å²) in [5.74, 6) is 0.543. The summed E-state index contributed by atoms with van der Waals surface area (Å²) in [6.45, 7) is 3.26. The number of rotatable bonds is 1. The minimum atomic E-state index is -3.68. The van der Waals surface area contributed by atoms with Crippen molar-refractivity contribution in [3.05, 3.63) is 40.4 Å². The van der Waals surface area contributed by atoms with Gasteiger partial charge in [0.05, 0.1) is 0 Å². The van der Waals surface area contributed by atoms with E-state index in [-0.39, 0.29) is 10.9 Å². The van der Waals surface area contributed by atoms with E-state index < -0.39 is 10.0 Å². The maximum atomic E-state index is 12.5. The lowest BCUT2D eigenvalue weighted by Crippen LogP contribution is -2.42. The first-order valence-corrected chi connectivity index (χ1v) is 9.03. The summed E-state index contributed by atoms with van der Waals surface area (Å²) in [5, 5.41) is 0.505. The number of halogens is 1. The Kier molecular flexibility index (Phi) is 4.01. The number of nitrogens with two attached hydrogens (primary N) is 1. The van der Waals surface area contributed by atoms with Crippen molar-refractivity contribution in [2.45, 2.75) is 25.8 Å². The molecule has 1 aromatic rings. The number of piperidine rings is 1. The van der Waals surface area contributed by atoms with Crippen LogP contribution in [0.25, 0.3) is 4.91 Å². The van der Waals surface area contributed by atoms with E-state index in [0.717, 1.165) is 25.9 Å². The second-order valence-corrected chi connectivity index (χ2v) is 7.66. The molecule has 7 heteroatoms. The average Bonchev–Trinajstić information content (AvgIpc) is 2.69. The fourth-order valence-corrected chi connectivity index (χ4v) is 4.59. The van der Waals surface area contributed by atoms with Gasteiger partial charge in [0, 0.05) is 29.7 Å². The monoisotopic (exact) mass is 339 g/mol. The second-order valence-electron chi connectivity index (χ2n) is 5.68. The number of hydrogen-bond acceptors (Lipinski definition) is 4. The number of benzene rings is 1. The molecule has 2 heterocycles. The quantitative estimate of drug-likeness (QED) is 0.851. The number of sulfonamides is 1. The van der Waals surface area contributed by atoms with Crippen LogP contribution in [0.15, 0.2) is 34.2 Å². The Balaban J connectivity index is 2.01. The van der Waals surface area contributed by atoms with Gasteiger partial charge >= 0.3 is 0 Å². The highest BCUT2D eigenvalue weighted by atomic mass is 35.5. The molecule has 22 heavy (non-hydrogen) atoms. The molecule has 118 valence electrons. The zero-order valence-corrected chi connectivity index (χ0v) is 13.9. The first-order valence-electron chi connectivity index (χ1n) is 7.21. The molecule has 5 nitrogen and oxygen atoms in total. The lowest BCUT2D eigenvalue weighted by atomic mass is 10.0. The fraction of sp³-hybridized carbons (Fsp3) is 0.400. The number of likely N-dealkylation sites (tertiary alicyclic amines) is 1. The third kappa shape index (κ3) is 2.78. The van der Waals surface area contributed by atoms with Crippen LogP contribution in [0.5, 0.6) is 0 Å². The van der Waals surface area contributed by atoms with Gasteiger partial charge in [-0.25, -0.2) is 0 Å². The summed E-state index contributed by atoms with van der Waals surface area (Å²) in [6, 6.07) is 7.04. The van der Waals surface area contributed by atoms with Crippen LogP contribution in [0.1, 0.15) is 25.3 Å². The Labute approximate surface area is 135 Å². The second kappa shape index (κ2) is 5.68. The number of nitrogens with zero attached hydrogens (tertiary/aromatic N) is 2. The maximum Gasteiger partial charge on any atom is 0.285 e. The molecule has 3 rings (SSSR count). The highest BCUT2D eigenvalue weighted by molar-refractivity contribution is 8.00. The predicted octanol–water partition coefficient (Wildman–Crippen LogP) is 2.24. The summed E-state index contributed by atoms with van der Waals surface area (Å²) in [7, 11) is -3.68. The molecule has 2 aliphatic heterocycles. The third-order valence-electron chi connectivity index (χ3n) is 4.07. The molecule has 0 spiro atoms. The van der Waals surface area contributed by atoms with Crippen molar-refractivity contribution in [1.82, 2.24) is 4.90 Å². The molecule has 1 aromatic carbocycles. The lowest BCUT2D eigenvalue weighted by Gasteiger charge is -2.31. The van der Waals surface area contributed by atoms with Gasteiger partial charge in [0.15, 0.2) is 0 Å². The SMILES string of the molecule is CC1=C(c2cccc(Cl)c2)S(=O)(=O)N=C1N1CCC(N)CC1. The van der Waals surface area contributed by atoms with Gasteiger partial charge in [-0.1, -0.05) is 23.7 Å². The zero-order valence-electron chi connectivity index (χ0n) is 12.3. The van der Waals surface area contributed by atoms with Gasteiger partial charge in [-0.05, 0) is 37.5 Å². The van der Waals surface area contributed by atoms with Gasteiger partial charge in [0.1, 0.15) is 10.7 Å². The summed E-state index contributed by atoms with van der Waals surface area (Å²) < 4.78 is 28.9. The minimum absolute atomic E-state index is 0.187. The Morgan fingerprint density at radius 3 is 2.64 bits per heavy atom. The molecule has 0 aromatic heterocycles. The predicted molar refractivity (Wildman–Crippen MR) is 89.2 cm³/mol. The Morgan fingerprint density at radius 1 is 1.32 bits per heavy atom. The topological polar surface area (TPSA) is 75.8 Å². The Hall–Kier alpha value is -1.37. The smallest absolute Gasteiger partial charge is 0.285 e. The van der Waals surface area contributed by atoms with E-state index in [1.807, 2.05) is 4.90 Å². The largest absolute Gasteiger partial charge is 0.356 e.